The molecule has 0 unspecified atom stereocenters. The van der Waals surface area contributed by atoms with Gasteiger partial charge < -0.3 is 5.32 Å². The van der Waals surface area contributed by atoms with E-state index in [4.69, 9.17) is 0 Å². The Morgan fingerprint density at radius 3 is 2.77 bits per heavy atom. The van der Waals surface area contributed by atoms with Crippen molar-refractivity contribution in [3.05, 3.63) is 24.3 Å². The molecule has 0 bridgehead atoms. The SMILES string of the molecule is CSc1ccccc1NC1CSC1. The molecule has 3 heteroatoms. The number of benzene rings is 1. The Morgan fingerprint density at radius 1 is 1.38 bits per heavy atom. The minimum Gasteiger partial charge on any atom is -0.380 e. The lowest BCUT2D eigenvalue weighted by Gasteiger charge is -2.27. The average molecular weight is 211 g/mol. The van der Waals surface area contributed by atoms with Crippen LogP contribution in [-0.4, -0.2) is 23.8 Å². The Morgan fingerprint density at radius 2 is 2.15 bits per heavy atom. The van der Waals surface area contributed by atoms with E-state index in [9.17, 15) is 0 Å². The van der Waals surface area contributed by atoms with E-state index in [-0.39, 0.29) is 0 Å². The van der Waals surface area contributed by atoms with Gasteiger partial charge in [0.15, 0.2) is 0 Å². The van der Waals surface area contributed by atoms with Crippen molar-refractivity contribution in [2.45, 2.75) is 10.9 Å². The third-order valence-electron chi connectivity index (χ3n) is 2.10. The van der Waals surface area contributed by atoms with Gasteiger partial charge >= 0.3 is 0 Å². The minimum absolute atomic E-state index is 0.693. The van der Waals surface area contributed by atoms with Crippen LogP contribution in [0.1, 0.15) is 0 Å². The zero-order chi connectivity index (χ0) is 9.10. The van der Waals surface area contributed by atoms with Crippen LogP contribution in [0.5, 0.6) is 0 Å². The minimum atomic E-state index is 0.693. The van der Waals surface area contributed by atoms with Crippen LogP contribution in [0.2, 0.25) is 0 Å². The normalized spacial score (nSPS) is 16.7. The lowest BCUT2D eigenvalue weighted by Crippen LogP contribution is -2.33. The molecule has 1 nitrogen and oxygen atoms in total. The maximum absolute atomic E-state index is 3.56. The highest BCUT2D eigenvalue weighted by atomic mass is 32.2. The first kappa shape index (κ1) is 9.28. The van der Waals surface area contributed by atoms with Crippen molar-refractivity contribution in [3.63, 3.8) is 0 Å². The summed E-state index contributed by atoms with van der Waals surface area (Å²) < 4.78 is 0. The molecule has 13 heavy (non-hydrogen) atoms. The fourth-order valence-corrected chi connectivity index (χ4v) is 2.50. The van der Waals surface area contributed by atoms with Crippen LogP contribution in [0.3, 0.4) is 0 Å². The third kappa shape index (κ3) is 2.15. The van der Waals surface area contributed by atoms with E-state index in [0.29, 0.717) is 6.04 Å². The van der Waals surface area contributed by atoms with Crippen molar-refractivity contribution < 1.29 is 0 Å². The zero-order valence-corrected chi connectivity index (χ0v) is 9.25. The first-order chi connectivity index (χ1) is 6.40. The molecule has 0 aromatic heterocycles. The predicted octanol–water partition coefficient (Wildman–Crippen LogP) is 2.94. The summed E-state index contributed by atoms with van der Waals surface area (Å²) in [5, 5.41) is 3.56. The van der Waals surface area contributed by atoms with E-state index in [1.54, 1.807) is 11.8 Å². The van der Waals surface area contributed by atoms with Gasteiger partial charge in [-0.05, 0) is 18.4 Å². The Bertz CT molecular complexity index is 284. The number of hydrogen-bond acceptors (Lipinski definition) is 3. The topological polar surface area (TPSA) is 12.0 Å². The highest BCUT2D eigenvalue weighted by Crippen LogP contribution is 2.28. The lowest BCUT2D eigenvalue weighted by atomic mass is 10.3. The molecule has 0 saturated carbocycles. The second-order valence-electron chi connectivity index (χ2n) is 3.08. The fraction of sp³-hybridized carbons (Fsp3) is 0.400. The molecule has 0 spiro atoms. The van der Waals surface area contributed by atoms with Gasteiger partial charge in [0.1, 0.15) is 0 Å². The summed E-state index contributed by atoms with van der Waals surface area (Å²) in [6.45, 7) is 0. The summed E-state index contributed by atoms with van der Waals surface area (Å²) in [6, 6.07) is 9.20. The summed E-state index contributed by atoms with van der Waals surface area (Å²) in [7, 11) is 0. The van der Waals surface area contributed by atoms with Gasteiger partial charge in [0, 0.05) is 28.1 Å². The summed E-state index contributed by atoms with van der Waals surface area (Å²) >= 11 is 3.81. The fourth-order valence-electron chi connectivity index (χ4n) is 1.30. The molecule has 1 saturated heterocycles. The molecule has 1 aromatic carbocycles. The smallest absolute Gasteiger partial charge is 0.0480 e. The highest BCUT2D eigenvalue weighted by molar-refractivity contribution is 8.00. The van der Waals surface area contributed by atoms with Crippen molar-refractivity contribution in [3.8, 4) is 0 Å². The Labute approximate surface area is 87.7 Å². The molecule has 0 radical (unpaired) electrons. The van der Waals surface area contributed by atoms with Crippen LogP contribution in [-0.2, 0) is 0 Å². The van der Waals surface area contributed by atoms with Gasteiger partial charge in [-0.2, -0.15) is 11.8 Å². The summed E-state index contributed by atoms with van der Waals surface area (Å²) in [5.74, 6) is 2.51. The van der Waals surface area contributed by atoms with Gasteiger partial charge in [0.05, 0.1) is 0 Å². The third-order valence-corrected chi connectivity index (χ3v) is 4.18. The molecular formula is C10H13NS2. The largest absolute Gasteiger partial charge is 0.380 e. The monoisotopic (exact) mass is 211 g/mol. The van der Waals surface area contributed by atoms with Crippen molar-refractivity contribution in [1.29, 1.82) is 0 Å². The molecule has 1 fully saturated rings. The number of rotatable bonds is 3. The summed E-state index contributed by atoms with van der Waals surface area (Å²) in [5.41, 5.74) is 1.29. The predicted molar refractivity (Wildman–Crippen MR) is 63.0 cm³/mol. The lowest BCUT2D eigenvalue weighted by molar-refractivity contribution is 0.877. The molecule has 1 heterocycles. The average Bonchev–Trinajstić information content (AvgIpc) is 2.12. The Balaban J connectivity index is 2.08. The zero-order valence-electron chi connectivity index (χ0n) is 7.62. The van der Waals surface area contributed by atoms with E-state index >= 15 is 0 Å². The van der Waals surface area contributed by atoms with Gasteiger partial charge in [-0.1, -0.05) is 12.1 Å². The molecule has 70 valence electrons. The molecule has 1 aliphatic heterocycles. The first-order valence-corrected chi connectivity index (χ1v) is 6.75. The number of para-hydroxylation sites is 1. The van der Waals surface area contributed by atoms with Crippen LogP contribution >= 0.6 is 23.5 Å². The number of thioether (sulfide) groups is 2. The van der Waals surface area contributed by atoms with Crippen molar-refractivity contribution in [2.24, 2.45) is 0 Å². The Hall–Kier alpha value is -0.280. The Kier molecular flexibility index (Phi) is 3.06. The number of anilines is 1. The van der Waals surface area contributed by atoms with Gasteiger partial charge in [-0.15, -0.1) is 11.8 Å². The molecular weight excluding hydrogens is 198 g/mol. The van der Waals surface area contributed by atoms with Crippen LogP contribution in [0.4, 0.5) is 5.69 Å². The molecule has 1 N–H and O–H groups in total. The maximum atomic E-state index is 3.56. The van der Waals surface area contributed by atoms with Crippen LogP contribution < -0.4 is 5.32 Å². The van der Waals surface area contributed by atoms with E-state index in [1.165, 1.54) is 22.1 Å². The summed E-state index contributed by atoms with van der Waals surface area (Å²) in [4.78, 5) is 1.35. The van der Waals surface area contributed by atoms with E-state index in [0.717, 1.165) is 0 Å². The quantitative estimate of drug-likeness (QED) is 0.772. The van der Waals surface area contributed by atoms with E-state index in [1.807, 2.05) is 11.8 Å². The molecule has 1 aromatic rings. The van der Waals surface area contributed by atoms with Gasteiger partial charge in [0.25, 0.3) is 0 Å². The van der Waals surface area contributed by atoms with E-state index in [2.05, 4.69) is 35.8 Å². The number of hydrogen-bond donors (Lipinski definition) is 1. The maximum Gasteiger partial charge on any atom is 0.0480 e. The second kappa shape index (κ2) is 4.29. The van der Waals surface area contributed by atoms with E-state index < -0.39 is 0 Å². The standard InChI is InChI=1S/C10H13NS2/c1-12-10-5-3-2-4-9(10)11-8-6-13-7-8/h2-5,8,11H,6-7H2,1H3. The highest BCUT2D eigenvalue weighted by Gasteiger charge is 2.18. The second-order valence-corrected chi connectivity index (χ2v) is 5.00. The van der Waals surface area contributed by atoms with Crippen molar-refractivity contribution >= 4 is 29.2 Å². The van der Waals surface area contributed by atoms with Gasteiger partial charge in [0.2, 0.25) is 0 Å². The molecule has 0 aliphatic carbocycles. The summed E-state index contributed by atoms with van der Waals surface area (Å²) in [6.07, 6.45) is 2.12. The molecule has 2 rings (SSSR count). The van der Waals surface area contributed by atoms with Crippen LogP contribution in [0, 0.1) is 0 Å². The van der Waals surface area contributed by atoms with Crippen LogP contribution in [0.25, 0.3) is 0 Å². The number of nitrogens with one attached hydrogen (secondary N) is 1. The van der Waals surface area contributed by atoms with Crippen molar-refractivity contribution in [2.75, 3.05) is 23.1 Å². The molecule has 0 amide bonds. The van der Waals surface area contributed by atoms with Crippen molar-refractivity contribution in [1.82, 2.24) is 0 Å². The molecule has 1 aliphatic rings. The van der Waals surface area contributed by atoms with Gasteiger partial charge in [-0.25, -0.2) is 0 Å². The first-order valence-electron chi connectivity index (χ1n) is 4.37. The van der Waals surface area contributed by atoms with Crippen LogP contribution in [0.15, 0.2) is 29.2 Å². The van der Waals surface area contributed by atoms with Gasteiger partial charge in [-0.3, -0.25) is 0 Å². The molecule has 0 atom stereocenters.